The van der Waals surface area contributed by atoms with E-state index in [0.29, 0.717) is 26.2 Å². The van der Waals surface area contributed by atoms with Gasteiger partial charge in [-0.2, -0.15) is 0 Å². The Balaban J connectivity index is 0.000000191. The number of ether oxygens (including phenoxy) is 1. The number of carbonyl (C=O) groups excluding carboxylic acids is 2. The van der Waals surface area contributed by atoms with E-state index in [1.54, 1.807) is 0 Å². The van der Waals surface area contributed by atoms with Crippen LogP contribution in [0.2, 0.25) is 0 Å². The fourth-order valence-electron chi connectivity index (χ4n) is 1.50. The van der Waals surface area contributed by atoms with Crippen molar-refractivity contribution < 1.29 is 19.4 Å². The summed E-state index contributed by atoms with van der Waals surface area (Å²) < 4.78 is 4.54. The average Bonchev–Trinajstić information content (AvgIpc) is 2.47. The number of aliphatic hydroxyl groups excluding tert-OH is 1. The second-order valence-electron chi connectivity index (χ2n) is 3.97. The molecule has 1 atom stereocenters. The second kappa shape index (κ2) is 9.07. The zero-order chi connectivity index (χ0) is 13.9. The van der Waals surface area contributed by atoms with Crippen LogP contribution in [0.3, 0.4) is 0 Å². The molecule has 1 aliphatic rings. The Bertz CT molecular complexity index is 383. The topological polar surface area (TPSA) is 87.7 Å². The van der Waals surface area contributed by atoms with E-state index in [9.17, 15) is 9.59 Å². The normalized spacial score (nSPS) is 17.7. The first-order valence-electron chi connectivity index (χ1n) is 5.96. The molecule has 0 spiro atoms. The van der Waals surface area contributed by atoms with Crippen LogP contribution in [0.5, 0.6) is 0 Å². The number of nitrogens with one attached hydrogen (secondary N) is 2. The van der Waals surface area contributed by atoms with E-state index in [2.05, 4.69) is 15.4 Å². The molecule has 2 rings (SSSR count). The highest BCUT2D eigenvalue weighted by Gasteiger charge is 2.15. The van der Waals surface area contributed by atoms with E-state index in [-0.39, 0.29) is 18.6 Å². The van der Waals surface area contributed by atoms with Gasteiger partial charge in [0, 0.05) is 6.54 Å². The van der Waals surface area contributed by atoms with Gasteiger partial charge < -0.3 is 20.5 Å². The Hall–Kier alpha value is -1.92. The number of hydrogen-bond acceptors (Lipinski definition) is 5. The summed E-state index contributed by atoms with van der Waals surface area (Å²) in [5, 5.41) is 14.0. The lowest BCUT2D eigenvalue weighted by Crippen LogP contribution is -2.53. The lowest BCUT2D eigenvalue weighted by molar-refractivity contribution is -0.129. The molecule has 6 nitrogen and oxygen atoms in total. The van der Waals surface area contributed by atoms with E-state index in [0.717, 1.165) is 5.56 Å². The van der Waals surface area contributed by atoms with Crippen LogP contribution in [-0.2, 0) is 20.9 Å². The smallest absolute Gasteiger partial charge is 0.293 e. The van der Waals surface area contributed by atoms with Crippen molar-refractivity contribution in [1.82, 2.24) is 10.6 Å². The van der Waals surface area contributed by atoms with Crippen LogP contribution >= 0.6 is 0 Å². The van der Waals surface area contributed by atoms with E-state index in [1.165, 1.54) is 0 Å². The molecular formula is C13H18N2O4. The predicted octanol–water partition coefficient (Wildman–Crippen LogP) is -0.574. The van der Waals surface area contributed by atoms with Crippen LogP contribution in [0.4, 0.5) is 0 Å². The molecule has 19 heavy (non-hydrogen) atoms. The highest BCUT2D eigenvalue weighted by molar-refractivity contribution is 5.79. The molecule has 0 unspecified atom stereocenters. The second-order valence-corrected chi connectivity index (χ2v) is 3.97. The van der Waals surface area contributed by atoms with Gasteiger partial charge in [0.25, 0.3) is 6.47 Å². The molecule has 1 aliphatic heterocycles. The molecule has 1 saturated heterocycles. The molecule has 0 saturated carbocycles. The maximum atomic E-state index is 10.5. The molecule has 1 aromatic carbocycles. The molecule has 1 heterocycles. The quantitative estimate of drug-likeness (QED) is 0.635. The fraction of sp³-hybridized carbons (Fsp3) is 0.385. The number of amides is 1. The van der Waals surface area contributed by atoms with Crippen molar-refractivity contribution in [3.05, 3.63) is 35.9 Å². The third-order valence-corrected chi connectivity index (χ3v) is 2.42. The molecule has 104 valence electrons. The van der Waals surface area contributed by atoms with Gasteiger partial charge in [0.15, 0.2) is 0 Å². The Morgan fingerprint density at radius 1 is 1.37 bits per heavy atom. The minimum atomic E-state index is -0.0914. The minimum absolute atomic E-state index is 0.0126. The number of piperazine rings is 1. The molecule has 0 bridgehead atoms. The van der Waals surface area contributed by atoms with Crippen molar-refractivity contribution >= 4 is 12.4 Å². The summed E-state index contributed by atoms with van der Waals surface area (Å²) in [6, 6.07) is 9.45. The van der Waals surface area contributed by atoms with Gasteiger partial charge in [0.05, 0.1) is 19.2 Å². The van der Waals surface area contributed by atoms with Crippen molar-refractivity contribution in [2.24, 2.45) is 0 Å². The molecule has 6 heteroatoms. The van der Waals surface area contributed by atoms with Crippen molar-refractivity contribution in [3.63, 3.8) is 0 Å². The summed E-state index contributed by atoms with van der Waals surface area (Å²) >= 11 is 0. The van der Waals surface area contributed by atoms with Crippen molar-refractivity contribution in [2.45, 2.75) is 12.6 Å². The largest absolute Gasteiger partial charge is 0.463 e. The van der Waals surface area contributed by atoms with Crippen LogP contribution < -0.4 is 10.6 Å². The summed E-state index contributed by atoms with van der Waals surface area (Å²) in [5.41, 5.74) is 1.01. The molecule has 1 fully saturated rings. The molecule has 1 amide bonds. The van der Waals surface area contributed by atoms with E-state index in [1.807, 2.05) is 30.3 Å². The van der Waals surface area contributed by atoms with E-state index >= 15 is 0 Å². The standard InChI is InChI=1S/C8H8O2.C5H10N2O2/c9-7-10-6-8-4-2-1-3-5-8;8-3-4-1-6-2-5(9)7-4/h1-5,7H,6H2;4,6,8H,1-3H2,(H,7,9)/t;4-/m.1/s1. The molecule has 0 aliphatic carbocycles. The molecular weight excluding hydrogens is 248 g/mol. The highest BCUT2D eigenvalue weighted by Crippen LogP contribution is 1.98. The number of rotatable bonds is 4. The van der Waals surface area contributed by atoms with Crippen molar-refractivity contribution in [1.29, 1.82) is 0 Å². The van der Waals surface area contributed by atoms with Gasteiger partial charge in [-0.1, -0.05) is 30.3 Å². The number of benzene rings is 1. The summed E-state index contributed by atoms with van der Waals surface area (Å²) in [6.07, 6.45) is 0. The summed E-state index contributed by atoms with van der Waals surface area (Å²) in [4.78, 5) is 20.3. The van der Waals surface area contributed by atoms with Crippen molar-refractivity contribution in [3.8, 4) is 0 Å². The number of carbonyl (C=O) groups is 2. The molecule has 0 aromatic heterocycles. The van der Waals surface area contributed by atoms with Crippen LogP contribution in [-0.4, -0.2) is 43.2 Å². The van der Waals surface area contributed by atoms with Gasteiger partial charge in [-0.25, -0.2) is 0 Å². The zero-order valence-electron chi connectivity index (χ0n) is 10.5. The molecule has 0 radical (unpaired) electrons. The van der Waals surface area contributed by atoms with Crippen molar-refractivity contribution in [2.75, 3.05) is 19.7 Å². The maximum Gasteiger partial charge on any atom is 0.293 e. The van der Waals surface area contributed by atoms with E-state index < -0.39 is 0 Å². The van der Waals surface area contributed by atoms with Gasteiger partial charge in [0.2, 0.25) is 5.91 Å². The fourth-order valence-corrected chi connectivity index (χ4v) is 1.50. The van der Waals surface area contributed by atoms with Crippen LogP contribution in [0, 0.1) is 0 Å². The lowest BCUT2D eigenvalue weighted by Gasteiger charge is -2.21. The summed E-state index contributed by atoms with van der Waals surface area (Å²) in [5.74, 6) is -0.0414. The molecule has 1 aromatic rings. The first-order chi connectivity index (χ1) is 9.26. The van der Waals surface area contributed by atoms with Crippen LogP contribution in [0.1, 0.15) is 5.56 Å². The van der Waals surface area contributed by atoms with Gasteiger partial charge in [-0.05, 0) is 5.56 Å². The Labute approximate surface area is 111 Å². The first-order valence-corrected chi connectivity index (χ1v) is 5.96. The maximum absolute atomic E-state index is 10.5. The number of aliphatic hydroxyl groups is 1. The summed E-state index contributed by atoms with van der Waals surface area (Å²) in [7, 11) is 0. The highest BCUT2D eigenvalue weighted by atomic mass is 16.5. The van der Waals surface area contributed by atoms with Gasteiger partial charge >= 0.3 is 0 Å². The van der Waals surface area contributed by atoms with Crippen LogP contribution in [0.15, 0.2) is 30.3 Å². The Morgan fingerprint density at radius 2 is 2.11 bits per heavy atom. The lowest BCUT2D eigenvalue weighted by atomic mass is 10.2. The van der Waals surface area contributed by atoms with E-state index in [4.69, 9.17) is 5.11 Å². The third kappa shape index (κ3) is 6.54. The Morgan fingerprint density at radius 3 is 2.63 bits per heavy atom. The summed E-state index contributed by atoms with van der Waals surface area (Å²) in [6.45, 7) is 1.87. The SMILES string of the molecule is O=C1CNC[C@H](CO)N1.O=COCc1ccccc1. The van der Waals surface area contributed by atoms with Gasteiger partial charge in [0.1, 0.15) is 6.61 Å². The first kappa shape index (κ1) is 15.1. The third-order valence-electron chi connectivity index (χ3n) is 2.42. The van der Waals surface area contributed by atoms with Crippen LogP contribution in [0.25, 0.3) is 0 Å². The Kier molecular flexibility index (Phi) is 7.23. The average molecular weight is 266 g/mol. The number of hydrogen-bond donors (Lipinski definition) is 3. The monoisotopic (exact) mass is 266 g/mol. The molecule has 3 N–H and O–H groups in total. The van der Waals surface area contributed by atoms with Gasteiger partial charge in [-0.3, -0.25) is 9.59 Å². The van der Waals surface area contributed by atoms with Gasteiger partial charge in [-0.15, -0.1) is 0 Å². The minimum Gasteiger partial charge on any atom is -0.463 e. The zero-order valence-corrected chi connectivity index (χ0v) is 10.5. The predicted molar refractivity (Wildman–Crippen MR) is 69.2 cm³/mol.